The fourth-order valence-electron chi connectivity index (χ4n) is 2.88. The van der Waals surface area contributed by atoms with Crippen molar-refractivity contribution in [1.82, 2.24) is 0 Å². The Morgan fingerprint density at radius 3 is 2.83 bits per heavy atom. The van der Waals surface area contributed by atoms with Crippen LogP contribution in [0.4, 0.5) is 5.69 Å². The number of benzene rings is 1. The molecule has 1 heterocycles. The van der Waals surface area contributed by atoms with Crippen molar-refractivity contribution in [3.63, 3.8) is 0 Å². The van der Waals surface area contributed by atoms with Crippen molar-refractivity contribution in [3.8, 4) is 0 Å². The highest BCUT2D eigenvalue weighted by atomic mass is 16.5. The zero-order valence-electron chi connectivity index (χ0n) is 13.5. The van der Waals surface area contributed by atoms with E-state index in [0.29, 0.717) is 19.8 Å². The van der Waals surface area contributed by atoms with Crippen LogP contribution in [0.15, 0.2) is 24.3 Å². The molecule has 1 aromatic carbocycles. The maximum atomic E-state index is 12.3. The summed E-state index contributed by atoms with van der Waals surface area (Å²) in [5.74, 6) is 0.845. The smallest absolute Gasteiger partial charge is 0.241 e. The maximum absolute atomic E-state index is 12.3. The molecule has 5 heteroatoms. The summed E-state index contributed by atoms with van der Waals surface area (Å²) in [6, 6.07) is 7.32. The molecule has 1 aliphatic heterocycles. The highest BCUT2D eigenvalue weighted by Crippen LogP contribution is 2.29. The number of nitrogens with two attached hydrogens (primary N) is 1. The molecule has 2 fully saturated rings. The minimum Gasteiger partial charge on any atom is -0.381 e. The number of anilines is 1. The van der Waals surface area contributed by atoms with E-state index in [1.54, 1.807) is 0 Å². The molecule has 0 aromatic heterocycles. The van der Waals surface area contributed by atoms with Gasteiger partial charge in [0.05, 0.1) is 12.6 Å². The van der Waals surface area contributed by atoms with Crippen molar-refractivity contribution in [2.24, 2.45) is 17.6 Å². The lowest BCUT2D eigenvalue weighted by Gasteiger charge is -2.26. The summed E-state index contributed by atoms with van der Waals surface area (Å²) in [7, 11) is 0. The lowest BCUT2D eigenvalue weighted by atomic mass is 9.92. The van der Waals surface area contributed by atoms with E-state index in [1.807, 2.05) is 24.3 Å². The molecule has 1 saturated carbocycles. The predicted octanol–water partition coefficient (Wildman–Crippen LogP) is 2.31. The van der Waals surface area contributed by atoms with Crippen LogP contribution in [-0.2, 0) is 20.9 Å². The van der Waals surface area contributed by atoms with E-state index in [0.717, 1.165) is 36.6 Å². The number of rotatable bonds is 7. The predicted molar refractivity (Wildman–Crippen MR) is 89.0 cm³/mol. The zero-order valence-corrected chi connectivity index (χ0v) is 13.5. The van der Waals surface area contributed by atoms with Crippen molar-refractivity contribution >= 4 is 11.6 Å². The molecule has 3 rings (SSSR count). The second kappa shape index (κ2) is 7.90. The van der Waals surface area contributed by atoms with Gasteiger partial charge < -0.3 is 20.5 Å². The molecular formula is C18H26N2O3. The normalized spacial score (nSPS) is 20.2. The number of carbonyl (C=O) groups is 1. The topological polar surface area (TPSA) is 73.6 Å². The number of ether oxygens (including phenoxy) is 2. The SMILES string of the molecule is NC(C(=O)Nc1cccc(COCC2CC2)c1)C1CCOCC1. The van der Waals surface area contributed by atoms with Gasteiger partial charge in [0.25, 0.3) is 0 Å². The van der Waals surface area contributed by atoms with Crippen LogP contribution < -0.4 is 11.1 Å². The first-order chi connectivity index (χ1) is 11.2. The molecule has 23 heavy (non-hydrogen) atoms. The van der Waals surface area contributed by atoms with Gasteiger partial charge in [-0.1, -0.05) is 12.1 Å². The summed E-state index contributed by atoms with van der Waals surface area (Å²) in [6.07, 6.45) is 4.29. The third kappa shape index (κ3) is 5.03. The number of amides is 1. The Labute approximate surface area is 137 Å². The Morgan fingerprint density at radius 1 is 1.30 bits per heavy atom. The van der Waals surface area contributed by atoms with Crippen LogP contribution in [0.1, 0.15) is 31.2 Å². The van der Waals surface area contributed by atoms with Gasteiger partial charge in [0, 0.05) is 25.5 Å². The number of carbonyl (C=O) groups excluding carboxylic acids is 1. The summed E-state index contributed by atoms with van der Waals surface area (Å²) in [5, 5.41) is 2.93. The van der Waals surface area contributed by atoms with Gasteiger partial charge in [-0.15, -0.1) is 0 Å². The lowest BCUT2D eigenvalue weighted by molar-refractivity contribution is -0.119. The number of hydrogen-bond donors (Lipinski definition) is 2. The molecule has 0 spiro atoms. The number of hydrogen-bond acceptors (Lipinski definition) is 4. The summed E-state index contributed by atoms with van der Waals surface area (Å²) >= 11 is 0. The highest BCUT2D eigenvalue weighted by Gasteiger charge is 2.26. The lowest BCUT2D eigenvalue weighted by Crippen LogP contribution is -2.44. The molecule has 0 radical (unpaired) electrons. The Balaban J connectivity index is 1.50. The molecule has 5 nitrogen and oxygen atoms in total. The Bertz CT molecular complexity index is 525. The van der Waals surface area contributed by atoms with E-state index in [4.69, 9.17) is 15.2 Å². The fraction of sp³-hybridized carbons (Fsp3) is 0.611. The second-order valence-electron chi connectivity index (χ2n) is 6.62. The van der Waals surface area contributed by atoms with Crippen molar-refractivity contribution in [1.29, 1.82) is 0 Å². The third-order valence-corrected chi connectivity index (χ3v) is 4.59. The van der Waals surface area contributed by atoms with E-state index in [-0.39, 0.29) is 11.8 Å². The molecule has 1 aliphatic carbocycles. The summed E-state index contributed by atoms with van der Waals surface area (Å²) in [5.41, 5.74) is 7.96. The van der Waals surface area contributed by atoms with E-state index < -0.39 is 6.04 Å². The average Bonchev–Trinajstić information content (AvgIpc) is 3.39. The molecule has 0 bridgehead atoms. The van der Waals surface area contributed by atoms with Crippen LogP contribution in [-0.4, -0.2) is 31.8 Å². The Morgan fingerprint density at radius 2 is 2.09 bits per heavy atom. The zero-order chi connectivity index (χ0) is 16.1. The van der Waals surface area contributed by atoms with E-state index in [9.17, 15) is 4.79 Å². The Hall–Kier alpha value is -1.43. The van der Waals surface area contributed by atoms with Crippen molar-refractivity contribution in [2.45, 2.75) is 38.3 Å². The van der Waals surface area contributed by atoms with E-state index in [2.05, 4.69) is 5.32 Å². The van der Waals surface area contributed by atoms with Crippen molar-refractivity contribution < 1.29 is 14.3 Å². The summed E-state index contributed by atoms with van der Waals surface area (Å²) in [6.45, 7) is 2.82. The van der Waals surface area contributed by atoms with Crippen molar-refractivity contribution in [3.05, 3.63) is 29.8 Å². The molecule has 1 amide bonds. The van der Waals surface area contributed by atoms with Gasteiger partial charge in [-0.25, -0.2) is 0 Å². The molecule has 3 N–H and O–H groups in total. The van der Waals surface area contributed by atoms with Crippen molar-refractivity contribution in [2.75, 3.05) is 25.1 Å². The van der Waals surface area contributed by atoms with Gasteiger partial charge in [-0.05, 0) is 55.2 Å². The minimum absolute atomic E-state index is 0.118. The first-order valence-electron chi connectivity index (χ1n) is 8.53. The Kier molecular flexibility index (Phi) is 5.65. The largest absolute Gasteiger partial charge is 0.381 e. The first-order valence-corrected chi connectivity index (χ1v) is 8.53. The van der Waals surface area contributed by atoms with Gasteiger partial charge in [0.15, 0.2) is 0 Å². The van der Waals surface area contributed by atoms with Gasteiger partial charge in [0.1, 0.15) is 0 Å². The van der Waals surface area contributed by atoms with Crippen LogP contribution in [0.3, 0.4) is 0 Å². The number of nitrogens with one attached hydrogen (secondary N) is 1. The first kappa shape index (κ1) is 16.4. The van der Waals surface area contributed by atoms with Crippen LogP contribution in [0, 0.1) is 11.8 Å². The third-order valence-electron chi connectivity index (χ3n) is 4.59. The van der Waals surface area contributed by atoms with E-state index in [1.165, 1.54) is 12.8 Å². The van der Waals surface area contributed by atoms with E-state index >= 15 is 0 Å². The van der Waals surface area contributed by atoms with Crippen LogP contribution in [0.2, 0.25) is 0 Å². The molecular weight excluding hydrogens is 292 g/mol. The van der Waals surface area contributed by atoms with Gasteiger partial charge >= 0.3 is 0 Å². The monoisotopic (exact) mass is 318 g/mol. The highest BCUT2D eigenvalue weighted by molar-refractivity contribution is 5.94. The molecule has 2 aliphatic rings. The molecule has 1 atom stereocenters. The molecule has 1 unspecified atom stereocenters. The van der Waals surface area contributed by atoms with Gasteiger partial charge in [0.2, 0.25) is 5.91 Å². The quantitative estimate of drug-likeness (QED) is 0.809. The van der Waals surface area contributed by atoms with Gasteiger partial charge in [-0.2, -0.15) is 0 Å². The van der Waals surface area contributed by atoms with Gasteiger partial charge in [-0.3, -0.25) is 4.79 Å². The average molecular weight is 318 g/mol. The second-order valence-corrected chi connectivity index (χ2v) is 6.62. The molecule has 1 aromatic rings. The van der Waals surface area contributed by atoms with Crippen LogP contribution >= 0.6 is 0 Å². The van der Waals surface area contributed by atoms with Crippen LogP contribution in [0.25, 0.3) is 0 Å². The molecule has 126 valence electrons. The minimum atomic E-state index is -0.478. The fourth-order valence-corrected chi connectivity index (χ4v) is 2.88. The summed E-state index contributed by atoms with van der Waals surface area (Å²) in [4.78, 5) is 12.3. The van der Waals surface area contributed by atoms with Crippen LogP contribution in [0.5, 0.6) is 0 Å². The maximum Gasteiger partial charge on any atom is 0.241 e. The molecule has 1 saturated heterocycles. The summed E-state index contributed by atoms with van der Waals surface area (Å²) < 4.78 is 11.0. The standard InChI is InChI=1S/C18H26N2O3/c19-17(15-6-8-22-9-7-15)18(21)20-16-3-1-2-14(10-16)12-23-11-13-4-5-13/h1-3,10,13,15,17H,4-9,11-12,19H2,(H,20,21).